The normalized spacial score (nSPS) is 12.8. The van der Waals surface area contributed by atoms with Crippen LogP contribution in [0.5, 0.6) is 0 Å². The second-order valence-corrected chi connectivity index (χ2v) is 22.3. The van der Waals surface area contributed by atoms with E-state index in [2.05, 4.69) is 130 Å². The third-order valence-electron chi connectivity index (χ3n) is 14.5. The lowest BCUT2D eigenvalue weighted by Gasteiger charge is -2.18. The zero-order valence-electron chi connectivity index (χ0n) is 52.6. The van der Waals surface area contributed by atoms with E-state index in [-0.39, 0.29) is 31.1 Å². The minimum atomic E-state index is -0.787. The van der Waals surface area contributed by atoms with Gasteiger partial charge in [0.1, 0.15) is 13.2 Å². The van der Waals surface area contributed by atoms with Crippen LogP contribution < -0.4 is 0 Å². The van der Waals surface area contributed by atoms with E-state index in [1.54, 1.807) is 0 Å². The van der Waals surface area contributed by atoms with Gasteiger partial charge in [0, 0.05) is 19.3 Å². The fraction of sp³-hybridized carbons (Fsp3) is 0.716. The summed E-state index contributed by atoms with van der Waals surface area (Å²) in [4.78, 5) is 38.3. The van der Waals surface area contributed by atoms with Gasteiger partial charge in [-0.25, -0.2) is 0 Å². The van der Waals surface area contributed by atoms with Gasteiger partial charge in [0.15, 0.2) is 6.10 Å². The lowest BCUT2D eigenvalue weighted by Crippen LogP contribution is -2.30. The molecule has 0 aromatic carbocycles. The molecule has 0 amide bonds. The van der Waals surface area contributed by atoms with Gasteiger partial charge in [-0.3, -0.25) is 14.4 Å². The topological polar surface area (TPSA) is 78.9 Å². The lowest BCUT2D eigenvalue weighted by atomic mass is 10.0. The maximum atomic E-state index is 12.9. The Balaban J connectivity index is 4.22. The molecule has 458 valence electrons. The van der Waals surface area contributed by atoms with E-state index < -0.39 is 6.10 Å². The molecular formula is C74H126O6. The summed E-state index contributed by atoms with van der Waals surface area (Å²) < 4.78 is 16.9. The zero-order chi connectivity index (χ0) is 57.8. The molecule has 1 unspecified atom stereocenters. The van der Waals surface area contributed by atoms with Gasteiger partial charge in [0.05, 0.1) is 0 Å². The first-order valence-corrected chi connectivity index (χ1v) is 33.9. The Labute approximate surface area is 495 Å². The summed E-state index contributed by atoms with van der Waals surface area (Å²) in [5.41, 5.74) is 0. The molecule has 6 heteroatoms. The average molecular weight is 1110 g/mol. The maximum absolute atomic E-state index is 12.9. The summed E-state index contributed by atoms with van der Waals surface area (Å²) in [6.45, 7) is 6.46. The Hall–Kier alpha value is -3.93. The van der Waals surface area contributed by atoms with Gasteiger partial charge in [0.2, 0.25) is 0 Å². The number of rotatable bonds is 61. The van der Waals surface area contributed by atoms with Crippen LogP contribution in [0, 0.1) is 0 Å². The number of hydrogen-bond acceptors (Lipinski definition) is 6. The molecule has 0 spiro atoms. The maximum Gasteiger partial charge on any atom is 0.306 e. The average Bonchev–Trinajstić information content (AvgIpc) is 3.46. The Kier molecular flexibility index (Phi) is 64.3. The van der Waals surface area contributed by atoms with Crippen LogP contribution in [0.4, 0.5) is 0 Å². The van der Waals surface area contributed by atoms with Gasteiger partial charge >= 0.3 is 17.9 Å². The lowest BCUT2D eigenvalue weighted by molar-refractivity contribution is -0.167. The van der Waals surface area contributed by atoms with Crippen molar-refractivity contribution in [2.75, 3.05) is 13.2 Å². The third-order valence-corrected chi connectivity index (χ3v) is 14.5. The van der Waals surface area contributed by atoms with Crippen LogP contribution in [-0.2, 0) is 28.6 Å². The first-order chi connectivity index (χ1) is 39.5. The smallest absolute Gasteiger partial charge is 0.306 e. The van der Waals surface area contributed by atoms with E-state index >= 15 is 0 Å². The second kappa shape index (κ2) is 67.6. The van der Waals surface area contributed by atoms with E-state index in [0.717, 1.165) is 122 Å². The van der Waals surface area contributed by atoms with Gasteiger partial charge in [-0.1, -0.05) is 291 Å². The molecule has 0 aliphatic carbocycles. The Bertz CT molecular complexity index is 1610. The quantitative estimate of drug-likeness (QED) is 0.0261. The van der Waals surface area contributed by atoms with Crippen molar-refractivity contribution >= 4 is 17.9 Å². The minimum absolute atomic E-state index is 0.0836. The first-order valence-electron chi connectivity index (χ1n) is 33.9. The Morgan fingerprint density at radius 1 is 0.263 bits per heavy atom. The number of carbonyl (C=O) groups is 3. The summed E-state index contributed by atoms with van der Waals surface area (Å²) in [7, 11) is 0. The molecule has 0 heterocycles. The number of allylic oxidation sites excluding steroid dienone is 18. The fourth-order valence-electron chi connectivity index (χ4n) is 9.42. The highest BCUT2D eigenvalue weighted by molar-refractivity contribution is 5.71. The SMILES string of the molecule is CC/C=C\C/C=C\C/C=C\C/C=C\C/C=C\CCCCCCCCCCCCCCCC(=O)OCC(COC(=O)CCCCCCC/C=C\CCC)OC(=O)CCCCCCCCCC/C=C\C/C=C\C/C=C\CCCCCCC. The predicted molar refractivity (Wildman–Crippen MR) is 348 cm³/mol. The van der Waals surface area contributed by atoms with Crippen LogP contribution in [0.25, 0.3) is 0 Å². The molecule has 0 saturated heterocycles. The monoisotopic (exact) mass is 1110 g/mol. The van der Waals surface area contributed by atoms with Crippen molar-refractivity contribution in [3.05, 3.63) is 109 Å². The Morgan fingerprint density at radius 2 is 0.512 bits per heavy atom. The summed E-state index contributed by atoms with van der Waals surface area (Å²) in [6, 6.07) is 0. The highest BCUT2D eigenvalue weighted by Crippen LogP contribution is 2.16. The summed E-state index contributed by atoms with van der Waals surface area (Å²) in [6.07, 6.45) is 92.6. The van der Waals surface area contributed by atoms with Crippen molar-refractivity contribution in [2.24, 2.45) is 0 Å². The van der Waals surface area contributed by atoms with E-state index in [0.29, 0.717) is 19.3 Å². The molecule has 0 aromatic heterocycles. The molecule has 0 fully saturated rings. The van der Waals surface area contributed by atoms with Crippen LogP contribution in [0.15, 0.2) is 109 Å². The number of hydrogen-bond donors (Lipinski definition) is 0. The molecule has 0 radical (unpaired) electrons. The van der Waals surface area contributed by atoms with Gasteiger partial charge in [-0.2, -0.15) is 0 Å². The fourth-order valence-corrected chi connectivity index (χ4v) is 9.42. The van der Waals surface area contributed by atoms with Gasteiger partial charge in [-0.05, 0) is 122 Å². The zero-order valence-corrected chi connectivity index (χ0v) is 52.6. The standard InChI is InChI=1S/C74H126O6/c1-4-7-10-13-16-19-22-24-26-28-30-32-34-35-36-37-38-39-41-42-44-46-48-50-52-55-58-61-64-67-73(76)79-70-71(69-78-72(75)66-63-60-57-54-21-18-15-12-9-6-3)80-74(77)68-65-62-59-56-53-51-49-47-45-43-40-33-31-29-27-25-23-20-17-14-11-8-5-2/h7,10,12,15-16,19,23-26,29-32,35-36,40,43,71H,4-6,8-9,11,13-14,17-18,20-22,27-28,33-34,37-39,41-42,44-70H2,1-3H3/b10-7-,15-12-,19-16-,25-23-,26-24-,31-29-,32-30-,36-35-,43-40-. The van der Waals surface area contributed by atoms with E-state index in [1.165, 1.54) is 161 Å². The third kappa shape index (κ3) is 64.9. The number of carbonyl (C=O) groups excluding carboxylic acids is 3. The molecule has 0 N–H and O–H groups in total. The van der Waals surface area contributed by atoms with Crippen LogP contribution in [-0.4, -0.2) is 37.2 Å². The van der Waals surface area contributed by atoms with Crippen LogP contribution in [0.3, 0.4) is 0 Å². The number of ether oxygens (including phenoxy) is 3. The van der Waals surface area contributed by atoms with Gasteiger partial charge in [0.25, 0.3) is 0 Å². The van der Waals surface area contributed by atoms with E-state index in [4.69, 9.17) is 14.2 Å². The summed E-state index contributed by atoms with van der Waals surface area (Å²) in [5.74, 6) is -0.894. The molecule has 6 nitrogen and oxygen atoms in total. The second-order valence-electron chi connectivity index (χ2n) is 22.3. The molecule has 0 bridgehead atoms. The largest absolute Gasteiger partial charge is 0.462 e. The predicted octanol–water partition coefficient (Wildman–Crippen LogP) is 23.4. The van der Waals surface area contributed by atoms with Gasteiger partial charge < -0.3 is 14.2 Å². The van der Waals surface area contributed by atoms with Crippen molar-refractivity contribution in [3.8, 4) is 0 Å². The molecule has 0 aromatic rings. The van der Waals surface area contributed by atoms with Crippen LogP contribution >= 0.6 is 0 Å². The first kappa shape index (κ1) is 76.1. The molecule has 0 saturated carbocycles. The summed E-state index contributed by atoms with van der Waals surface area (Å²) in [5, 5.41) is 0. The van der Waals surface area contributed by atoms with Gasteiger partial charge in [-0.15, -0.1) is 0 Å². The van der Waals surface area contributed by atoms with Crippen molar-refractivity contribution in [1.29, 1.82) is 0 Å². The Morgan fingerprint density at radius 3 is 0.825 bits per heavy atom. The highest BCUT2D eigenvalue weighted by atomic mass is 16.6. The molecule has 0 rings (SSSR count). The highest BCUT2D eigenvalue weighted by Gasteiger charge is 2.19. The van der Waals surface area contributed by atoms with Crippen molar-refractivity contribution in [1.82, 2.24) is 0 Å². The molecule has 80 heavy (non-hydrogen) atoms. The molecular weight excluding hydrogens is 985 g/mol. The molecule has 1 atom stereocenters. The van der Waals surface area contributed by atoms with Crippen molar-refractivity contribution < 1.29 is 28.6 Å². The molecule has 0 aliphatic rings. The molecule has 0 aliphatic heterocycles. The summed E-state index contributed by atoms with van der Waals surface area (Å²) >= 11 is 0. The van der Waals surface area contributed by atoms with E-state index in [9.17, 15) is 14.4 Å². The van der Waals surface area contributed by atoms with Crippen molar-refractivity contribution in [2.45, 2.75) is 329 Å². The number of unbranched alkanes of at least 4 members (excludes halogenated alkanes) is 32. The minimum Gasteiger partial charge on any atom is -0.462 e. The van der Waals surface area contributed by atoms with E-state index in [1.807, 2.05) is 0 Å². The van der Waals surface area contributed by atoms with Crippen LogP contribution in [0.1, 0.15) is 323 Å². The van der Waals surface area contributed by atoms with Crippen molar-refractivity contribution in [3.63, 3.8) is 0 Å². The number of esters is 3. The van der Waals surface area contributed by atoms with Crippen LogP contribution in [0.2, 0.25) is 0 Å².